The number of halogens is 2. The summed E-state index contributed by atoms with van der Waals surface area (Å²) in [6, 6.07) is 4.54. The second kappa shape index (κ2) is 6.49. The van der Waals surface area contributed by atoms with Gasteiger partial charge in [0.1, 0.15) is 12.4 Å². The molecule has 1 amide bonds. The van der Waals surface area contributed by atoms with Gasteiger partial charge in [0.15, 0.2) is 4.80 Å². The number of nitrogens with zero attached hydrogens (tertiary/aromatic N) is 1. The third-order valence-electron chi connectivity index (χ3n) is 2.45. The van der Waals surface area contributed by atoms with Crippen LogP contribution < -0.4 is 10.1 Å². The van der Waals surface area contributed by atoms with Crippen molar-refractivity contribution in [1.29, 1.82) is 5.41 Å². The molecule has 2 rings (SSSR count). The lowest BCUT2D eigenvalue weighted by Crippen LogP contribution is -2.23. The Morgan fingerprint density at radius 2 is 2.26 bits per heavy atom. The molecule has 0 atom stereocenters. The second-order valence-electron chi connectivity index (χ2n) is 3.85. The second-order valence-corrected chi connectivity index (χ2v) is 4.74. The largest absolute Gasteiger partial charge is 0.324 e. The van der Waals surface area contributed by atoms with Crippen LogP contribution in [0.5, 0.6) is 0 Å². The number of carbonyl (C=O) groups excluding carboxylic acids is 1. The fourth-order valence-corrected chi connectivity index (χ4v) is 2.05. The molecule has 0 aliphatic heterocycles. The van der Waals surface area contributed by atoms with Gasteiger partial charge in [-0.2, -0.15) is 0 Å². The summed E-state index contributed by atoms with van der Waals surface area (Å²) in [5.74, 6) is -0.632. The van der Waals surface area contributed by atoms with E-state index < -0.39 is 0 Å². The van der Waals surface area contributed by atoms with Crippen molar-refractivity contribution >= 4 is 35.3 Å². The number of aromatic nitrogens is 1. The van der Waals surface area contributed by atoms with Crippen molar-refractivity contribution in [3.63, 3.8) is 0 Å². The summed E-state index contributed by atoms with van der Waals surface area (Å²) in [6.45, 7) is 1.71. The zero-order valence-electron chi connectivity index (χ0n) is 10.1. The highest BCUT2D eigenvalue weighted by molar-refractivity contribution is 7.06. The van der Waals surface area contributed by atoms with Gasteiger partial charge in [0.05, 0.1) is 0 Å². The Morgan fingerprint density at radius 3 is 2.84 bits per heavy atom. The third kappa shape index (κ3) is 3.90. The molecule has 1 aromatic carbocycles. The molecule has 1 aromatic heterocycles. The fraction of sp³-hybridized carbons (Fsp3) is 0.167. The SMILES string of the molecule is Cc1ccc(NC(=O)Cn2ccsc2=N)cc1F.Cl. The number of aryl methyl sites for hydroxylation is 1. The molecule has 0 spiro atoms. The molecule has 2 aromatic rings. The number of amides is 1. The van der Waals surface area contributed by atoms with Gasteiger partial charge in [0, 0.05) is 17.3 Å². The van der Waals surface area contributed by atoms with Gasteiger partial charge in [-0.05, 0) is 24.6 Å². The van der Waals surface area contributed by atoms with Crippen LogP contribution in [0.3, 0.4) is 0 Å². The summed E-state index contributed by atoms with van der Waals surface area (Å²) in [6.07, 6.45) is 1.67. The van der Waals surface area contributed by atoms with Gasteiger partial charge in [0.2, 0.25) is 5.91 Å². The van der Waals surface area contributed by atoms with Gasteiger partial charge < -0.3 is 9.88 Å². The highest BCUT2D eigenvalue weighted by Crippen LogP contribution is 2.13. The summed E-state index contributed by atoms with van der Waals surface area (Å²) >= 11 is 1.25. The number of hydrogen-bond donors (Lipinski definition) is 2. The number of carbonyl (C=O) groups is 1. The molecule has 0 bridgehead atoms. The number of thiazole rings is 1. The highest BCUT2D eigenvalue weighted by atomic mass is 35.5. The van der Waals surface area contributed by atoms with Crippen molar-refractivity contribution in [3.8, 4) is 0 Å². The molecule has 7 heteroatoms. The van der Waals surface area contributed by atoms with Crippen LogP contribution in [0.2, 0.25) is 0 Å². The van der Waals surface area contributed by atoms with Crippen LogP contribution in [-0.4, -0.2) is 10.5 Å². The first-order valence-corrected chi connectivity index (χ1v) is 6.19. The van der Waals surface area contributed by atoms with E-state index in [2.05, 4.69) is 5.32 Å². The Labute approximate surface area is 119 Å². The minimum Gasteiger partial charge on any atom is -0.324 e. The Balaban J connectivity index is 0.00000180. The van der Waals surface area contributed by atoms with E-state index in [1.807, 2.05) is 0 Å². The molecule has 102 valence electrons. The minimum absolute atomic E-state index is 0. The zero-order chi connectivity index (χ0) is 13.1. The number of rotatable bonds is 3. The molecular weight excluding hydrogens is 289 g/mol. The van der Waals surface area contributed by atoms with Crippen LogP contribution in [0.25, 0.3) is 0 Å². The zero-order valence-corrected chi connectivity index (χ0v) is 11.8. The maximum absolute atomic E-state index is 13.3. The van der Waals surface area contributed by atoms with E-state index in [9.17, 15) is 9.18 Å². The van der Waals surface area contributed by atoms with Gasteiger partial charge in [-0.15, -0.1) is 23.7 Å². The number of anilines is 1. The van der Waals surface area contributed by atoms with E-state index in [4.69, 9.17) is 5.41 Å². The average Bonchev–Trinajstić information content (AvgIpc) is 2.70. The molecule has 0 saturated carbocycles. The molecule has 1 heterocycles. The van der Waals surface area contributed by atoms with Crippen molar-refractivity contribution < 1.29 is 9.18 Å². The Hall–Kier alpha value is -1.66. The average molecular weight is 302 g/mol. The molecule has 0 unspecified atom stereocenters. The summed E-state index contributed by atoms with van der Waals surface area (Å²) in [7, 11) is 0. The van der Waals surface area contributed by atoms with Crippen LogP contribution >= 0.6 is 23.7 Å². The number of benzene rings is 1. The van der Waals surface area contributed by atoms with E-state index in [0.717, 1.165) is 0 Å². The van der Waals surface area contributed by atoms with Crippen molar-refractivity contribution in [2.45, 2.75) is 13.5 Å². The number of nitrogens with one attached hydrogen (secondary N) is 2. The quantitative estimate of drug-likeness (QED) is 0.899. The maximum Gasteiger partial charge on any atom is 0.244 e. The first-order valence-electron chi connectivity index (χ1n) is 5.31. The summed E-state index contributed by atoms with van der Waals surface area (Å²) < 4.78 is 14.8. The monoisotopic (exact) mass is 301 g/mol. The Bertz CT molecular complexity index is 638. The molecule has 0 aliphatic rings. The first-order chi connectivity index (χ1) is 8.56. The topological polar surface area (TPSA) is 57.9 Å². The van der Waals surface area contributed by atoms with Gasteiger partial charge in [-0.3, -0.25) is 10.2 Å². The van der Waals surface area contributed by atoms with Gasteiger partial charge >= 0.3 is 0 Å². The van der Waals surface area contributed by atoms with Crippen molar-refractivity contribution in [2.75, 3.05) is 5.32 Å². The summed E-state index contributed by atoms with van der Waals surface area (Å²) in [5, 5.41) is 11.9. The molecular formula is C12H13ClFN3OS. The smallest absolute Gasteiger partial charge is 0.244 e. The van der Waals surface area contributed by atoms with E-state index in [1.54, 1.807) is 30.6 Å². The predicted octanol–water partition coefficient (Wildman–Crippen LogP) is 2.54. The van der Waals surface area contributed by atoms with Crippen LogP contribution in [0.15, 0.2) is 29.8 Å². The predicted molar refractivity (Wildman–Crippen MR) is 75.2 cm³/mol. The lowest BCUT2D eigenvalue weighted by Gasteiger charge is -2.06. The molecule has 0 radical (unpaired) electrons. The van der Waals surface area contributed by atoms with Crippen molar-refractivity contribution in [3.05, 3.63) is 46.0 Å². The van der Waals surface area contributed by atoms with Crippen LogP contribution in [-0.2, 0) is 11.3 Å². The van der Waals surface area contributed by atoms with E-state index in [-0.39, 0.29) is 30.7 Å². The summed E-state index contributed by atoms with van der Waals surface area (Å²) in [5.41, 5.74) is 0.958. The summed E-state index contributed by atoms with van der Waals surface area (Å²) in [4.78, 5) is 12.0. The van der Waals surface area contributed by atoms with E-state index in [1.165, 1.54) is 22.0 Å². The molecule has 19 heavy (non-hydrogen) atoms. The molecule has 0 fully saturated rings. The van der Waals surface area contributed by atoms with Crippen molar-refractivity contribution in [1.82, 2.24) is 4.57 Å². The fourth-order valence-electron chi connectivity index (χ4n) is 1.45. The maximum atomic E-state index is 13.3. The van der Waals surface area contributed by atoms with Crippen LogP contribution in [0.1, 0.15) is 5.56 Å². The van der Waals surface area contributed by atoms with Crippen LogP contribution in [0, 0.1) is 18.2 Å². The Kier molecular flexibility index (Phi) is 5.26. The highest BCUT2D eigenvalue weighted by Gasteiger charge is 2.06. The van der Waals surface area contributed by atoms with Gasteiger partial charge in [0.25, 0.3) is 0 Å². The molecule has 4 nitrogen and oxygen atoms in total. The van der Waals surface area contributed by atoms with Crippen LogP contribution in [0.4, 0.5) is 10.1 Å². The molecule has 0 aliphatic carbocycles. The van der Waals surface area contributed by atoms with E-state index >= 15 is 0 Å². The lowest BCUT2D eigenvalue weighted by atomic mass is 10.2. The normalized spacial score (nSPS) is 9.79. The molecule has 2 N–H and O–H groups in total. The van der Waals surface area contributed by atoms with Crippen molar-refractivity contribution in [2.24, 2.45) is 0 Å². The van der Waals surface area contributed by atoms with Gasteiger partial charge in [-0.1, -0.05) is 6.07 Å². The number of hydrogen-bond acceptors (Lipinski definition) is 3. The molecule has 0 saturated heterocycles. The Morgan fingerprint density at radius 1 is 1.53 bits per heavy atom. The first kappa shape index (κ1) is 15.4. The minimum atomic E-state index is -0.350. The third-order valence-corrected chi connectivity index (χ3v) is 3.17. The standard InChI is InChI=1S/C12H12FN3OS.ClH/c1-8-2-3-9(6-10(8)13)15-11(17)7-16-4-5-18-12(16)14;/h2-6,14H,7H2,1H3,(H,15,17);1H. The lowest BCUT2D eigenvalue weighted by molar-refractivity contribution is -0.116. The van der Waals surface area contributed by atoms with Gasteiger partial charge in [-0.25, -0.2) is 4.39 Å². The van der Waals surface area contributed by atoms with E-state index in [0.29, 0.717) is 16.1 Å².